The van der Waals surface area contributed by atoms with Gasteiger partial charge in [-0.15, -0.1) is 0 Å². The van der Waals surface area contributed by atoms with E-state index in [4.69, 9.17) is 11.6 Å². The summed E-state index contributed by atoms with van der Waals surface area (Å²) in [5.74, 6) is -1.50. The number of carbonyl (C=O) groups is 2. The summed E-state index contributed by atoms with van der Waals surface area (Å²) >= 11 is 5.72. The summed E-state index contributed by atoms with van der Waals surface area (Å²) in [6.07, 6.45) is 0.625. The number of benzene rings is 1. The number of carboxylic acids is 1. The average molecular weight is 323 g/mol. The molecule has 0 aliphatic heterocycles. The first-order valence-electron chi connectivity index (χ1n) is 5.98. The van der Waals surface area contributed by atoms with Gasteiger partial charge in [-0.05, 0) is 30.2 Å². The summed E-state index contributed by atoms with van der Waals surface area (Å²) < 4.78 is 0. The Morgan fingerprint density at radius 1 is 1.30 bits per heavy atom. The zero-order valence-electron chi connectivity index (χ0n) is 11.8. The van der Waals surface area contributed by atoms with Gasteiger partial charge in [0, 0.05) is 10.7 Å². The number of rotatable bonds is 5. The molecule has 0 aromatic heterocycles. The van der Waals surface area contributed by atoms with Gasteiger partial charge in [0.2, 0.25) is 0 Å². The Labute approximate surface area is 165 Å². The number of halogens is 1. The summed E-state index contributed by atoms with van der Waals surface area (Å²) in [5, 5.41) is 16.4. The molecule has 2 atom stereocenters. The molecule has 0 aliphatic carbocycles. The van der Waals surface area contributed by atoms with Crippen LogP contribution in [0.5, 0.6) is 0 Å². The second-order valence-electron chi connectivity index (χ2n) is 4.29. The molecule has 7 heteroatoms. The van der Waals surface area contributed by atoms with Crippen molar-refractivity contribution >= 4 is 29.3 Å². The molecule has 2 unspecified atom stereocenters. The van der Waals surface area contributed by atoms with Gasteiger partial charge in [0.25, 0.3) is 0 Å². The predicted molar refractivity (Wildman–Crippen MR) is 71.9 cm³/mol. The number of anilines is 1. The first-order chi connectivity index (χ1) is 8.93. The maximum Gasteiger partial charge on any atom is 1.00 e. The second-order valence-corrected chi connectivity index (χ2v) is 4.72. The van der Waals surface area contributed by atoms with E-state index in [-0.39, 0.29) is 57.3 Å². The molecule has 0 saturated carbocycles. The standard InChI is InChI=1S/C13H17ClN2O3.K/c1-3-8(2)11(12(17)18)16-13(19)15-10-6-4-9(14)5-7-10;/h4-8,11H,3H2,1-2H3,(H,17,18)(H2,15,16,19);/q;+1/p-1. The van der Waals surface area contributed by atoms with Gasteiger partial charge in [-0.2, -0.15) is 0 Å². The molecule has 0 saturated heterocycles. The molecule has 0 heterocycles. The van der Waals surface area contributed by atoms with Crippen LogP contribution in [0.3, 0.4) is 0 Å². The van der Waals surface area contributed by atoms with Crippen molar-refractivity contribution in [3.8, 4) is 0 Å². The number of hydrogen-bond acceptors (Lipinski definition) is 3. The van der Waals surface area contributed by atoms with Crippen LogP contribution in [0.4, 0.5) is 10.5 Å². The molecular weight excluding hydrogens is 307 g/mol. The minimum atomic E-state index is -1.29. The Kier molecular flexibility index (Phi) is 9.70. The van der Waals surface area contributed by atoms with Gasteiger partial charge >= 0.3 is 57.4 Å². The summed E-state index contributed by atoms with van der Waals surface area (Å²) in [7, 11) is 0. The Morgan fingerprint density at radius 3 is 2.30 bits per heavy atom. The number of hydrogen-bond donors (Lipinski definition) is 2. The third kappa shape index (κ3) is 6.56. The smallest absolute Gasteiger partial charge is 0.548 e. The number of carbonyl (C=O) groups excluding carboxylic acids is 2. The third-order valence-electron chi connectivity index (χ3n) is 2.86. The molecule has 2 amide bonds. The Balaban J connectivity index is 0.00000361. The summed E-state index contributed by atoms with van der Waals surface area (Å²) in [6, 6.07) is 4.90. The van der Waals surface area contributed by atoms with Gasteiger partial charge in [0.1, 0.15) is 0 Å². The third-order valence-corrected chi connectivity index (χ3v) is 3.11. The summed E-state index contributed by atoms with van der Waals surface area (Å²) in [4.78, 5) is 22.6. The molecule has 0 aliphatic rings. The van der Waals surface area contributed by atoms with Gasteiger partial charge in [0.05, 0.1) is 12.0 Å². The second kappa shape index (κ2) is 9.76. The predicted octanol–water partition coefficient (Wildman–Crippen LogP) is -1.37. The Hall–Kier alpha value is -0.114. The first-order valence-corrected chi connectivity index (χ1v) is 6.35. The monoisotopic (exact) mass is 322 g/mol. The van der Waals surface area contributed by atoms with E-state index in [9.17, 15) is 14.7 Å². The maximum atomic E-state index is 11.7. The molecule has 20 heavy (non-hydrogen) atoms. The number of amides is 2. The Morgan fingerprint density at radius 2 is 1.85 bits per heavy atom. The van der Waals surface area contributed by atoms with E-state index < -0.39 is 18.0 Å². The molecule has 1 aromatic rings. The van der Waals surface area contributed by atoms with Crippen molar-refractivity contribution in [3.63, 3.8) is 0 Å². The maximum absolute atomic E-state index is 11.7. The van der Waals surface area contributed by atoms with Crippen LogP contribution in [-0.2, 0) is 4.79 Å². The van der Waals surface area contributed by atoms with E-state index in [2.05, 4.69) is 10.6 Å². The minimum absolute atomic E-state index is 0. The molecule has 0 spiro atoms. The van der Waals surface area contributed by atoms with Crippen molar-refractivity contribution < 1.29 is 66.1 Å². The number of urea groups is 1. The molecule has 0 fully saturated rings. The molecule has 5 nitrogen and oxygen atoms in total. The fourth-order valence-corrected chi connectivity index (χ4v) is 1.64. The zero-order chi connectivity index (χ0) is 14.4. The van der Waals surface area contributed by atoms with Crippen molar-refractivity contribution in [1.82, 2.24) is 5.32 Å². The van der Waals surface area contributed by atoms with Crippen molar-refractivity contribution in [2.24, 2.45) is 5.92 Å². The van der Waals surface area contributed by atoms with Crippen LogP contribution in [0, 0.1) is 5.92 Å². The van der Waals surface area contributed by atoms with E-state index in [1.165, 1.54) is 0 Å². The molecule has 0 radical (unpaired) electrons. The normalized spacial score (nSPS) is 12.8. The average Bonchev–Trinajstić information content (AvgIpc) is 2.37. The van der Waals surface area contributed by atoms with Crippen LogP contribution in [0.1, 0.15) is 20.3 Å². The van der Waals surface area contributed by atoms with E-state index in [0.717, 1.165) is 0 Å². The van der Waals surface area contributed by atoms with Crippen LogP contribution in [0.15, 0.2) is 24.3 Å². The summed E-state index contributed by atoms with van der Waals surface area (Å²) in [6.45, 7) is 3.59. The van der Waals surface area contributed by atoms with Crippen molar-refractivity contribution in [3.05, 3.63) is 29.3 Å². The number of carboxylic acid groups (broad SMARTS) is 1. The van der Waals surface area contributed by atoms with Crippen molar-refractivity contribution in [2.45, 2.75) is 26.3 Å². The fraction of sp³-hybridized carbons (Fsp3) is 0.385. The number of nitrogens with one attached hydrogen (secondary N) is 2. The topological polar surface area (TPSA) is 81.3 Å². The van der Waals surface area contributed by atoms with Gasteiger partial charge < -0.3 is 20.5 Å². The van der Waals surface area contributed by atoms with Gasteiger partial charge in [-0.1, -0.05) is 31.9 Å². The molecule has 1 aromatic carbocycles. The van der Waals surface area contributed by atoms with Crippen molar-refractivity contribution in [2.75, 3.05) is 5.32 Å². The van der Waals surface area contributed by atoms with E-state index in [0.29, 0.717) is 17.1 Å². The van der Waals surface area contributed by atoms with Crippen LogP contribution in [0.2, 0.25) is 5.02 Å². The van der Waals surface area contributed by atoms with Gasteiger partial charge in [0.15, 0.2) is 0 Å². The zero-order valence-corrected chi connectivity index (χ0v) is 15.7. The number of aliphatic carboxylic acids is 1. The molecule has 0 bridgehead atoms. The first kappa shape index (κ1) is 19.9. The fourth-order valence-electron chi connectivity index (χ4n) is 1.51. The van der Waals surface area contributed by atoms with Gasteiger partial charge in [-0.3, -0.25) is 0 Å². The quantitative estimate of drug-likeness (QED) is 0.656. The molecule has 1 rings (SSSR count). The largest absolute Gasteiger partial charge is 1.00 e. The van der Waals surface area contributed by atoms with Crippen LogP contribution in [-0.4, -0.2) is 18.0 Å². The van der Waals surface area contributed by atoms with Crippen LogP contribution < -0.4 is 67.1 Å². The molecular formula is C13H16ClKN2O3. The SMILES string of the molecule is CCC(C)C(NC(=O)Nc1ccc(Cl)cc1)C(=O)[O-].[K+]. The van der Waals surface area contributed by atoms with E-state index in [1.807, 2.05) is 6.92 Å². The minimum Gasteiger partial charge on any atom is -0.548 e. The molecule has 104 valence electrons. The van der Waals surface area contributed by atoms with Crippen molar-refractivity contribution in [1.29, 1.82) is 0 Å². The van der Waals surface area contributed by atoms with Crippen LogP contribution >= 0.6 is 11.6 Å². The van der Waals surface area contributed by atoms with Gasteiger partial charge in [-0.25, -0.2) is 4.79 Å². The van der Waals surface area contributed by atoms with E-state index in [1.54, 1.807) is 31.2 Å². The summed E-state index contributed by atoms with van der Waals surface area (Å²) in [5.41, 5.74) is 0.531. The van der Waals surface area contributed by atoms with Crippen LogP contribution in [0.25, 0.3) is 0 Å². The Bertz CT molecular complexity index is 453. The molecule has 2 N–H and O–H groups in total. The van der Waals surface area contributed by atoms with E-state index >= 15 is 0 Å².